The highest BCUT2D eigenvalue weighted by Gasteiger charge is 2.24. The molecule has 1 amide bonds. The van der Waals surface area contributed by atoms with Crippen LogP contribution in [0.2, 0.25) is 0 Å². The third-order valence-electron chi connectivity index (χ3n) is 4.10. The lowest BCUT2D eigenvalue weighted by Crippen LogP contribution is -2.29. The van der Waals surface area contributed by atoms with Gasteiger partial charge in [-0.15, -0.1) is 0 Å². The second kappa shape index (κ2) is 5.52. The molecule has 1 atom stereocenters. The van der Waals surface area contributed by atoms with Crippen molar-refractivity contribution in [3.05, 3.63) is 36.4 Å². The molecule has 1 fully saturated rings. The van der Waals surface area contributed by atoms with Crippen molar-refractivity contribution in [2.45, 2.75) is 6.42 Å². The van der Waals surface area contributed by atoms with E-state index in [0.717, 1.165) is 36.0 Å². The molecule has 2 aromatic carbocycles. The maximum absolute atomic E-state index is 10.6. The average Bonchev–Trinajstić information content (AvgIpc) is 2.94. The zero-order valence-corrected chi connectivity index (χ0v) is 11.7. The lowest BCUT2D eigenvalue weighted by atomic mass is 10.1. The number of carboxylic acid groups (broad SMARTS) is 1. The third-order valence-corrected chi connectivity index (χ3v) is 4.10. The van der Waals surface area contributed by atoms with Crippen LogP contribution in [-0.2, 0) is 0 Å². The number of nitrogens with zero attached hydrogens (tertiary/aromatic N) is 1. The number of hydrogen-bond donors (Lipinski definition) is 3. The van der Waals surface area contributed by atoms with Gasteiger partial charge in [0.2, 0.25) is 0 Å². The molecule has 5 heteroatoms. The zero-order valence-electron chi connectivity index (χ0n) is 11.7. The van der Waals surface area contributed by atoms with E-state index in [2.05, 4.69) is 22.3 Å². The van der Waals surface area contributed by atoms with Crippen LogP contribution in [-0.4, -0.2) is 30.8 Å². The smallest absolute Gasteiger partial charge is 0.404 e. The average molecular weight is 285 g/mol. The van der Waals surface area contributed by atoms with Crippen molar-refractivity contribution in [2.24, 2.45) is 5.92 Å². The first kappa shape index (κ1) is 13.5. The maximum Gasteiger partial charge on any atom is 0.404 e. The number of fused-ring (bicyclic) bond motifs is 1. The van der Waals surface area contributed by atoms with Crippen molar-refractivity contribution < 1.29 is 9.90 Å². The number of benzene rings is 2. The maximum atomic E-state index is 10.6. The Labute approximate surface area is 123 Å². The summed E-state index contributed by atoms with van der Waals surface area (Å²) in [7, 11) is 0. The van der Waals surface area contributed by atoms with Gasteiger partial charge in [-0.2, -0.15) is 0 Å². The number of carbonyl (C=O) groups is 1. The summed E-state index contributed by atoms with van der Waals surface area (Å²) in [6.45, 7) is 2.33. The normalized spacial score (nSPS) is 18.1. The topological polar surface area (TPSA) is 78.6 Å². The highest BCUT2D eigenvalue weighted by Crippen LogP contribution is 2.33. The Morgan fingerprint density at radius 3 is 2.81 bits per heavy atom. The fourth-order valence-electron chi connectivity index (χ4n) is 3.03. The highest BCUT2D eigenvalue weighted by atomic mass is 16.4. The van der Waals surface area contributed by atoms with Crippen LogP contribution in [0.4, 0.5) is 16.2 Å². The number of hydrogen-bond acceptors (Lipinski definition) is 3. The largest absolute Gasteiger partial charge is 0.465 e. The Hall–Kier alpha value is -2.43. The van der Waals surface area contributed by atoms with Gasteiger partial charge in [0.15, 0.2) is 0 Å². The molecule has 21 heavy (non-hydrogen) atoms. The first-order valence-corrected chi connectivity index (χ1v) is 7.14. The Balaban J connectivity index is 1.82. The summed E-state index contributed by atoms with van der Waals surface area (Å²) in [6, 6.07) is 12.1. The van der Waals surface area contributed by atoms with Crippen LogP contribution in [0.25, 0.3) is 10.8 Å². The van der Waals surface area contributed by atoms with Crippen LogP contribution >= 0.6 is 0 Å². The van der Waals surface area contributed by atoms with E-state index in [4.69, 9.17) is 10.8 Å². The Morgan fingerprint density at radius 2 is 2.05 bits per heavy atom. The van der Waals surface area contributed by atoms with Crippen LogP contribution in [0.15, 0.2) is 36.4 Å². The second-order valence-electron chi connectivity index (χ2n) is 5.51. The second-order valence-corrected chi connectivity index (χ2v) is 5.51. The molecule has 1 saturated heterocycles. The van der Waals surface area contributed by atoms with E-state index in [1.54, 1.807) is 0 Å². The molecule has 1 aliphatic rings. The summed E-state index contributed by atoms with van der Waals surface area (Å²) in [5, 5.41) is 13.4. The van der Waals surface area contributed by atoms with Gasteiger partial charge in [-0.25, -0.2) is 4.79 Å². The quantitative estimate of drug-likeness (QED) is 0.757. The molecule has 1 heterocycles. The lowest BCUT2D eigenvalue weighted by molar-refractivity contribution is 0.192. The standard InChI is InChI=1S/C16H19N3O2/c17-14-5-6-15(13-4-2-1-3-12(13)14)19-8-7-11(10-19)9-18-16(20)21/h1-6,11,18H,7-10,17H2,(H,20,21). The van der Waals surface area contributed by atoms with Gasteiger partial charge < -0.3 is 21.1 Å². The summed E-state index contributed by atoms with van der Waals surface area (Å²) in [5.74, 6) is 0.359. The molecule has 5 nitrogen and oxygen atoms in total. The van der Waals surface area contributed by atoms with Crippen LogP contribution in [0.1, 0.15) is 6.42 Å². The van der Waals surface area contributed by atoms with E-state index in [0.29, 0.717) is 12.5 Å². The van der Waals surface area contributed by atoms with Gasteiger partial charge in [0, 0.05) is 41.8 Å². The molecule has 1 unspecified atom stereocenters. The van der Waals surface area contributed by atoms with Crippen LogP contribution < -0.4 is 16.0 Å². The number of nitrogen functional groups attached to an aromatic ring is 1. The van der Waals surface area contributed by atoms with Gasteiger partial charge in [-0.05, 0) is 24.5 Å². The molecule has 0 saturated carbocycles. The summed E-state index contributed by atoms with van der Waals surface area (Å²) in [4.78, 5) is 12.9. The number of amides is 1. The van der Waals surface area contributed by atoms with Gasteiger partial charge in [0.1, 0.15) is 0 Å². The van der Waals surface area contributed by atoms with E-state index in [-0.39, 0.29) is 0 Å². The Kier molecular flexibility index (Phi) is 3.56. The number of nitrogens with two attached hydrogens (primary N) is 1. The summed E-state index contributed by atoms with van der Waals surface area (Å²) < 4.78 is 0. The van der Waals surface area contributed by atoms with Gasteiger partial charge in [0.25, 0.3) is 0 Å². The molecule has 0 spiro atoms. The van der Waals surface area contributed by atoms with Crippen LogP contribution in [0, 0.1) is 5.92 Å². The van der Waals surface area contributed by atoms with Gasteiger partial charge >= 0.3 is 6.09 Å². The van der Waals surface area contributed by atoms with Gasteiger partial charge in [-0.3, -0.25) is 0 Å². The molecule has 1 aliphatic heterocycles. The minimum Gasteiger partial charge on any atom is -0.465 e. The Bertz CT molecular complexity index is 672. The van der Waals surface area contributed by atoms with Crippen molar-refractivity contribution in [3.8, 4) is 0 Å². The predicted molar refractivity (Wildman–Crippen MR) is 84.7 cm³/mol. The van der Waals surface area contributed by atoms with E-state index in [1.165, 1.54) is 5.69 Å². The van der Waals surface area contributed by atoms with Crippen molar-refractivity contribution >= 4 is 28.2 Å². The lowest BCUT2D eigenvalue weighted by Gasteiger charge is -2.21. The molecule has 0 aliphatic carbocycles. The van der Waals surface area contributed by atoms with Gasteiger partial charge in [0.05, 0.1) is 0 Å². The summed E-state index contributed by atoms with van der Waals surface area (Å²) in [6.07, 6.45) is 0.0466. The van der Waals surface area contributed by atoms with E-state index < -0.39 is 6.09 Å². The molecule has 3 rings (SSSR count). The SMILES string of the molecule is Nc1ccc(N2CCC(CNC(=O)O)C2)c2ccccc12. The Morgan fingerprint density at radius 1 is 1.29 bits per heavy atom. The van der Waals surface area contributed by atoms with Crippen LogP contribution in [0.3, 0.4) is 0 Å². The summed E-state index contributed by atoms with van der Waals surface area (Å²) >= 11 is 0. The molecule has 110 valence electrons. The predicted octanol–water partition coefficient (Wildman–Crippen LogP) is 2.52. The minimum atomic E-state index is -0.952. The van der Waals surface area contributed by atoms with E-state index in [9.17, 15) is 4.79 Å². The van der Waals surface area contributed by atoms with Crippen molar-refractivity contribution in [1.82, 2.24) is 5.32 Å². The van der Waals surface area contributed by atoms with Crippen molar-refractivity contribution in [3.63, 3.8) is 0 Å². The van der Waals surface area contributed by atoms with E-state index >= 15 is 0 Å². The minimum absolute atomic E-state index is 0.359. The van der Waals surface area contributed by atoms with E-state index in [1.807, 2.05) is 24.3 Å². The number of nitrogens with one attached hydrogen (secondary N) is 1. The number of anilines is 2. The zero-order chi connectivity index (χ0) is 14.8. The molecule has 2 aromatic rings. The molecule has 0 bridgehead atoms. The number of rotatable bonds is 3. The molecular weight excluding hydrogens is 266 g/mol. The molecule has 4 N–H and O–H groups in total. The molecule has 0 radical (unpaired) electrons. The first-order valence-electron chi connectivity index (χ1n) is 7.14. The summed E-state index contributed by atoms with van der Waals surface area (Å²) in [5.41, 5.74) is 8.01. The third kappa shape index (κ3) is 2.72. The monoisotopic (exact) mass is 285 g/mol. The fourth-order valence-corrected chi connectivity index (χ4v) is 3.03. The highest BCUT2D eigenvalue weighted by molar-refractivity contribution is 6.01. The molecular formula is C16H19N3O2. The first-order chi connectivity index (χ1) is 10.1. The van der Waals surface area contributed by atoms with Crippen molar-refractivity contribution in [1.29, 1.82) is 0 Å². The fraction of sp³-hybridized carbons (Fsp3) is 0.312. The van der Waals surface area contributed by atoms with Crippen molar-refractivity contribution in [2.75, 3.05) is 30.3 Å². The van der Waals surface area contributed by atoms with Gasteiger partial charge in [-0.1, -0.05) is 24.3 Å². The molecule has 0 aromatic heterocycles. The van der Waals surface area contributed by atoms with Crippen LogP contribution in [0.5, 0.6) is 0 Å².